The van der Waals surface area contributed by atoms with Crippen LogP contribution in [0, 0.1) is 32.6 Å². The lowest BCUT2D eigenvalue weighted by atomic mass is 9.86. The maximum Gasteiger partial charge on any atom is 0.126 e. The predicted molar refractivity (Wildman–Crippen MR) is 200 cm³/mol. The Kier molecular flexibility index (Phi) is 16.7. The third-order valence-corrected chi connectivity index (χ3v) is 9.35. The summed E-state index contributed by atoms with van der Waals surface area (Å²) in [5, 5.41) is 6.28. The smallest absolute Gasteiger partial charge is 0.126 e. The van der Waals surface area contributed by atoms with Crippen molar-refractivity contribution in [2.24, 2.45) is 5.92 Å². The van der Waals surface area contributed by atoms with Gasteiger partial charge in [-0.05, 0) is 98.2 Å². The van der Waals surface area contributed by atoms with E-state index in [0.717, 1.165) is 5.82 Å². The number of anilines is 1. The van der Waals surface area contributed by atoms with Crippen molar-refractivity contribution >= 4 is 22.2 Å². The van der Waals surface area contributed by atoms with Crippen LogP contribution in [0.1, 0.15) is 145 Å². The fourth-order valence-corrected chi connectivity index (χ4v) is 6.88. The van der Waals surface area contributed by atoms with E-state index >= 15 is 0 Å². The van der Waals surface area contributed by atoms with Crippen molar-refractivity contribution in [1.29, 1.82) is 0 Å². The van der Waals surface area contributed by atoms with Crippen LogP contribution in [0.2, 0.25) is 0 Å². The molecule has 4 atom stereocenters. The second-order valence-electron chi connectivity index (χ2n) is 12.9. The first-order valence-corrected chi connectivity index (χ1v) is 17.5. The van der Waals surface area contributed by atoms with Gasteiger partial charge in [0.2, 0.25) is 0 Å². The number of fused-ring (bicyclic) bond motifs is 2. The van der Waals surface area contributed by atoms with Gasteiger partial charge in [0, 0.05) is 41.0 Å². The summed E-state index contributed by atoms with van der Waals surface area (Å²) in [5.41, 5.74) is 8.68. The summed E-state index contributed by atoms with van der Waals surface area (Å²) in [6.07, 6.45) is 28.3. The number of unbranched alkanes of at least 4 members (excludes halogenated alkanes) is 1. The molecule has 0 radical (unpaired) electrons. The number of nitrogens with zero attached hydrogens (tertiary/aromatic N) is 2. The zero-order valence-electron chi connectivity index (χ0n) is 29.6. The minimum Gasteiger partial charge on any atom is -0.367 e. The third kappa shape index (κ3) is 10.3. The Morgan fingerprint density at radius 1 is 0.933 bits per heavy atom. The molecule has 2 aliphatic carbocycles. The Balaban J connectivity index is 0.000000934. The van der Waals surface area contributed by atoms with Crippen LogP contribution in [-0.2, 0) is 0 Å². The van der Waals surface area contributed by atoms with E-state index in [1.54, 1.807) is 5.57 Å². The van der Waals surface area contributed by atoms with Crippen molar-refractivity contribution in [3.63, 3.8) is 0 Å². The van der Waals surface area contributed by atoms with Gasteiger partial charge in [0.15, 0.2) is 0 Å². The molecule has 1 N–H and O–H groups in total. The molecule has 0 bridgehead atoms. The van der Waals surface area contributed by atoms with Gasteiger partial charge >= 0.3 is 0 Å². The highest BCUT2D eigenvalue weighted by Crippen LogP contribution is 2.40. The van der Waals surface area contributed by atoms with Crippen LogP contribution in [0.3, 0.4) is 0 Å². The lowest BCUT2D eigenvalue weighted by Gasteiger charge is -2.30. The first-order valence-electron chi connectivity index (χ1n) is 17.5. The van der Waals surface area contributed by atoms with E-state index in [9.17, 15) is 0 Å². The normalized spacial score (nSPS) is 19.0. The average Bonchev–Trinajstić information content (AvgIpc) is 3.35. The Morgan fingerprint density at radius 3 is 2.31 bits per heavy atom. The summed E-state index contributed by atoms with van der Waals surface area (Å²) >= 11 is 0. The summed E-state index contributed by atoms with van der Waals surface area (Å²) < 4.78 is 0. The van der Waals surface area contributed by atoms with Gasteiger partial charge in [-0.15, -0.1) is 26.0 Å². The molecule has 244 valence electrons. The molecule has 3 heteroatoms. The molecule has 1 saturated carbocycles. The van der Waals surface area contributed by atoms with Crippen molar-refractivity contribution in [3.05, 3.63) is 83.8 Å². The number of benzene rings is 1. The van der Waals surface area contributed by atoms with Crippen LogP contribution in [0.25, 0.3) is 16.3 Å². The molecule has 0 spiro atoms. The van der Waals surface area contributed by atoms with Crippen LogP contribution in [0.15, 0.2) is 55.9 Å². The molecular formula is C42H61N3. The summed E-state index contributed by atoms with van der Waals surface area (Å²) in [4.78, 5) is 9.77. The molecule has 0 amide bonds. The van der Waals surface area contributed by atoms with Gasteiger partial charge in [-0.25, -0.2) is 4.98 Å². The van der Waals surface area contributed by atoms with Gasteiger partial charge in [-0.3, -0.25) is 4.98 Å². The molecule has 0 saturated heterocycles. The summed E-state index contributed by atoms with van der Waals surface area (Å²) in [6.45, 7) is 21.8. The number of allylic oxidation sites excluding steroid dienone is 2. The molecule has 4 unspecified atom stereocenters. The number of pyridine rings is 2. The van der Waals surface area contributed by atoms with E-state index in [4.69, 9.17) is 9.97 Å². The van der Waals surface area contributed by atoms with E-state index < -0.39 is 0 Å². The molecule has 45 heavy (non-hydrogen) atoms. The molecule has 5 rings (SSSR count). The van der Waals surface area contributed by atoms with E-state index in [1.165, 1.54) is 109 Å². The highest BCUT2D eigenvalue weighted by molar-refractivity contribution is 5.86. The van der Waals surface area contributed by atoms with Crippen LogP contribution in [0.4, 0.5) is 5.82 Å². The van der Waals surface area contributed by atoms with Gasteiger partial charge < -0.3 is 5.32 Å². The number of rotatable bonds is 10. The second kappa shape index (κ2) is 19.9. The maximum absolute atomic E-state index is 4.98. The summed E-state index contributed by atoms with van der Waals surface area (Å²) in [7, 11) is 0. The lowest BCUT2D eigenvalue weighted by molar-refractivity contribution is 0.349. The molecule has 1 aromatic carbocycles. The van der Waals surface area contributed by atoms with Gasteiger partial charge in [0.25, 0.3) is 0 Å². The first-order chi connectivity index (χ1) is 21.9. The van der Waals surface area contributed by atoms with Gasteiger partial charge in [-0.1, -0.05) is 84.9 Å². The van der Waals surface area contributed by atoms with Crippen LogP contribution in [0.5, 0.6) is 0 Å². The fourth-order valence-electron chi connectivity index (χ4n) is 6.88. The van der Waals surface area contributed by atoms with E-state index in [1.807, 2.05) is 12.4 Å². The molecule has 2 heterocycles. The number of aryl methyl sites for hydroxylation is 2. The zero-order chi connectivity index (χ0) is 33.4. The number of hydrogen-bond donors (Lipinski definition) is 1. The minimum absolute atomic E-state index is 0.501. The Hall–Kier alpha value is -3.38. The Bertz CT molecular complexity index is 1370. The molecular weight excluding hydrogens is 546 g/mol. The van der Waals surface area contributed by atoms with E-state index in [2.05, 4.69) is 110 Å². The summed E-state index contributed by atoms with van der Waals surface area (Å²) in [5.74, 6) is 2.77. The number of nitrogens with one attached hydrogen (secondary N) is 1. The van der Waals surface area contributed by atoms with Gasteiger partial charge in [0.1, 0.15) is 5.82 Å². The standard InChI is InChI=1S/C35H47N3.C3H8.C2H4.C2H2/c1-6-11-27(13-8-9-14-28-18-26(5)30-19-24(3)25(4)20-31(28)30)35-32-21-34(37-22-29(32)16-17-36-35)38-33-15-10-7-12-23(33)2;1-3-2;2*1-2/h16-23,26-27,33H,6-15H2,1-5H3,(H,37,38);3H2,1-2H3;1-2H2;1-2H. The average molecular weight is 608 g/mol. The number of terminal acetylenes is 1. The number of hydrogen-bond acceptors (Lipinski definition) is 3. The maximum atomic E-state index is 4.98. The lowest BCUT2D eigenvalue weighted by Crippen LogP contribution is -2.30. The highest BCUT2D eigenvalue weighted by atomic mass is 15.0. The van der Waals surface area contributed by atoms with Gasteiger partial charge in [-0.2, -0.15) is 0 Å². The molecule has 1 fully saturated rings. The number of aromatic nitrogens is 2. The summed E-state index contributed by atoms with van der Waals surface area (Å²) in [6, 6.07) is 9.78. The highest BCUT2D eigenvalue weighted by Gasteiger charge is 2.23. The molecule has 2 aliphatic rings. The second-order valence-corrected chi connectivity index (χ2v) is 12.9. The van der Waals surface area contributed by atoms with Crippen molar-refractivity contribution < 1.29 is 0 Å². The molecule has 3 aromatic rings. The minimum atomic E-state index is 0.501. The van der Waals surface area contributed by atoms with Crippen molar-refractivity contribution in [2.75, 3.05) is 5.32 Å². The van der Waals surface area contributed by atoms with E-state index in [-0.39, 0.29) is 0 Å². The SMILES string of the molecule is C#C.C=C.CCC.CCCC(CCCCC1=CC(C)c2cc(C)c(C)cc21)c1nccc2cnc(NC3CCCCC3C)cc12. The van der Waals surface area contributed by atoms with Crippen molar-refractivity contribution in [2.45, 2.75) is 137 Å². The van der Waals surface area contributed by atoms with Gasteiger partial charge in [0.05, 0.1) is 5.69 Å². The predicted octanol–water partition coefficient (Wildman–Crippen LogP) is 12.3. The monoisotopic (exact) mass is 607 g/mol. The van der Waals surface area contributed by atoms with Crippen molar-refractivity contribution in [3.8, 4) is 12.8 Å². The topological polar surface area (TPSA) is 37.8 Å². The molecule has 0 aliphatic heterocycles. The largest absolute Gasteiger partial charge is 0.367 e. The molecule has 3 nitrogen and oxygen atoms in total. The van der Waals surface area contributed by atoms with Crippen molar-refractivity contribution in [1.82, 2.24) is 9.97 Å². The molecule has 2 aromatic heterocycles. The first kappa shape index (κ1) is 37.8. The van der Waals surface area contributed by atoms with Crippen LogP contribution < -0.4 is 5.32 Å². The van der Waals surface area contributed by atoms with Crippen LogP contribution in [-0.4, -0.2) is 16.0 Å². The quantitative estimate of drug-likeness (QED) is 0.141. The third-order valence-electron chi connectivity index (χ3n) is 9.35. The fraction of sp³-hybridized carbons (Fsp3) is 0.524. The zero-order valence-corrected chi connectivity index (χ0v) is 29.6. The van der Waals surface area contributed by atoms with Crippen LogP contribution >= 0.6 is 0 Å². The van der Waals surface area contributed by atoms with E-state index in [0.29, 0.717) is 23.8 Å². The Morgan fingerprint density at radius 2 is 1.62 bits per heavy atom. The Labute approximate surface area is 276 Å².